The van der Waals surface area contributed by atoms with Gasteiger partial charge in [0.2, 0.25) is 0 Å². The summed E-state index contributed by atoms with van der Waals surface area (Å²) in [6, 6.07) is 9.03. The molecule has 84 valence electrons. The highest BCUT2D eigenvalue weighted by atomic mass is 16.5. The Morgan fingerprint density at radius 1 is 1.40 bits per heavy atom. The molecule has 0 aliphatic carbocycles. The fourth-order valence-corrected chi connectivity index (χ4v) is 1.77. The monoisotopic (exact) mass is 207 g/mol. The van der Waals surface area contributed by atoms with Crippen molar-refractivity contribution in [1.82, 2.24) is 5.32 Å². The van der Waals surface area contributed by atoms with Crippen LogP contribution in [0.2, 0.25) is 0 Å². The molecule has 0 aliphatic heterocycles. The zero-order chi connectivity index (χ0) is 11.1. The van der Waals surface area contributed by atoms with Gasteiger partial charge in [0.1, 0.15) is 0 Å². The molecule has 0 saturated heterocycles. The van der Waals surface area contributed by atoms with Gasteiger partial charge in [0.05, 0.1) is 12.6 Å². The molecule has 1 atom stereocenters. The molecule has 0 heterocycles. The molecular formula is C13H21NO. The largest absolute Gasteiger partial charge is 0.383 e. The molecule has 0 aromatic heterocycles. The molecule has 15 heavy (non-hydrogen) atoms. The summed E-state index contributed by atoms with van der Waals surface area (Å²) < 4.78 is 5.19. The summed E-state index contributed by atoms with van der Waals surface area (Å²) in [5, 5.41) is 3.26. The van der Waals surface area contributed by atoms with Gasteiger partial charge in [-0.25, -0.2) is 0 Å². The van der Waals surface area contributed by atoms with Gasteiger partial charge in [-0.05, 0) is 24.6 Å². The van der Waals surface area contributed by atoms with Crippen LogP contribution in [0, 0.1) is 0 Å². The van der Waals surface area contributed by atoms with Gasteiger partial charge < -0.3 is 10.1 Å². The second kappa shape index (κ2) is 6.59. The molecule has 2 heteroatoms. The van der Waals surface area contributed by atoms with Crippen LogP contribution in [-0.2, 0) is 11.2 Å². The van der Waals surface area contributed by atoms with Crippen molar-refractivity contribution in [3.8, 4) is 0 Å². The Labute approximate surface area is 92.6 Å². The van der Waals surface area contributed by atoms with Crippen molar-refractivity contribution in [2.75, 3.05) is 20.8 Å². The molecule has 0 saturated carbocycles. The maximum Gasteiger partial charge on any atom is 0.0657 e. The van der Waals surface area contributed by atoms with E-state index in [1.54, 1.807) is 7.11 Å². The fraction of sp³-hybridized carbons (Fsp3) is 0.538. The Hall–Kier alpha value is -0.860. The predicted octanol–water partition coefficient (Wildman–Crippen LogP) is 2.55. The first kappa shape index (κ1) is 12.2. The van der Waals surface area contributed by atoms with Gasteiger partial charge in [0.15, 0.2) is 0 Å². The summed E-state index contributed by atoms with van der Waals surface area (Å²) >= 11 is 0. The van der Waals surface area contributed by atoms with E-state index in [2.05, 4.69) is 36.5 Å². The number of aryl methyl sites for hydroxylation is 1. The van der Waals surface area contributed by atoms with E-state index in [1.165, 1.54) is 17.5 Å². The Morgan fingerprint density at radius 2 is 2.20 bits per heavy atom. The van der Waals surface area contributed by atoms with Gasteiger partial charge in [-0.2, -0.15) is 0 Å². The van der Waals surface area contributed by atoms with Crippen molar-refractivity contribution >= 4 is 0 Å². The van der Waals surface area contributed by atoms with E-state index in [0.29, 0.717) is 12.6 Å². The summed E-state index contributed by atoms with van der Waals surface area (Å²) in [6.45, 7) is 2.92. The number of ether oxygens (including phenoxy) is 1. The third kappa shape index (κ3) is 3.65. The van der Waals surface area contributed by atoms with Gasteiger partial charge in [-0.3, -0.25) is 0 Å². The fourth-order valence-electron chi connectivity index (χ4n) is 1.77. The SMILES string of the molecule is CCCc1cccc(C(COC)NC)c1. The predicted molar refractivity (Wildman–Crippen MR) is 64.1 cm³/mol. The van der Waals surface area contributed by atoms with Crippen LogP contribution in [0.25, 0.3) is 0 Å². The molecular weight excluding hydrogens is 186 g/mol. The summed E-state index contributed by atoms with van der Waals surface area (Å²) in [4.78, 5) is 0. The number of likely N-dealkylation sites (N-methyl/N-ethyl adjacent to an activating group) is 1. The molecule has 0 radical (unpaired) electrons. The van der Waals surface area contributed by atoms with Gasteiger partial charge >= 0.3 is 0 Å². The number of rotatable bonds is 6. The average molecular weight is 207 g/mol. The van der Waals surface area contributed by atoms with Gasteiger partial charge in [0, 0.05) is 7.11 Å². The number of nitrogens with one attached hydrogen (secondary N) is 1. The molecule has 1 aromatic rings. The van der Waals surface area contributed by atoms with Crippen molar-refractivity contribution < 1.29 is 4.74 Å². The average Bonchev–Trinajstić information content (AvgIpc) is 2.27. The lowest BCUT2D eigenvalue weighted by Gasteiger charge is -2.16. The van der Waals surface area contributed by atoms with Crippen LogP contribution >= 0.6 is 0 Å². The molecule has 1 rings (SSSR count). The summed E-state index contributed by atoms with van der Waals surface area (Å²) in [5.41, 5.74) is 2.72. The van der Waals surface area contributed by atoms with Crippen molar-refractivity contribution in [2.45, 2.75) is 25.8 Å². The number of benzene rings is 1. The Bertz CT molecular complexity index is 286. The maximum atomic E-state index is 5.19. The Morgan fingerprint density at radius 3 is 2.80 bits per heavy atom. The third-order valence-corrected chi connectivity index (χ3v) is 2.57. The van der Waals surface area contributed by atoms with Gasteiger partial charge in [0.25, 0.3) is 0 Å². The molecule has 1 aromatic carbocycles. The van der Waals surface area contributed by atoms with E-state index in [0.717, 1.165) is 6.42 Å². The van der Waals surface area contributed by atoms with Crippen LogP contribution in [0.15, 0.2) is 24.3 Å². The van der Waals surface area contributed by atoms with E-state index in [9.17, 15) is 0 Å². The summed E-state index contributed by atoms with van der Waals surface area (Å²) in [6.07, 6.45) is 2.34. The molecule has 1 unspecified atom stereocenters. The minimum Gasteiger partial charge on any atom is -0.383 e. The standard InChI is InChI=1S/C13H21NO/c1-4-6-11-7-5-8-12(9-11)13(14-2)10-15-3/h5,7-9,13-14H,4,6,10H2,1-3H3. The minimum absolute atomic E-state index is 0.298. The van der Waals surface area contributed by atoms with E-state index in [-0.39, 0.29) is 0 Å². The molecule has 0 bridgehead atoms. The summed E-state index contributed by atoms with van der Waals surface area (Å²) in [5.74, 6) is 0. The lowest BCUT2D eigenvalue weighted by molar-refractivity contribution is 0.170. The van der Waals surface area contributed by atoms with Crippen molar-refractivity contribution in [3.63, 3.8) is 0 Å². The molecule has 1 N–H and O–H groups in total. The molecule has 2 nitrogen and oxygen atoms in total. The van der Waals surface area contributed by atoms with Crippen LogP contribution in [0.5, 0.6) is 0 Å². The lowest BCUT2D eigenvalue weighted by Crippen LogP contribution is -2.21. The second-order valence-corrected chi connectivity index (χ2v) is 3.79. The van der Waals surface area contributed by atoms with Gasteiger partial charge in [-0.15, -0.1) is 0 Å². The highest BCUT2D eigenvalue weighted by Gasteiger charge is 2.08. The Kier molecular flexibility index (Phi) is 5.37. The molecule has 0 aliphatic rings. The van der Waals surface area contributed by atoms with Crippen molar-refractivity contribution in [1.29, 1.82) is 0 Å². The smallest absolute Gasteiger partial charge is 0.0657 e. The van der Waals surface area contributed by atoms with Crippen molar-refractivity contribution in [2.24, 2.45) is 0 Å². The topological polar surface area (TPSA) is 21.3 Å². The van der Waals surface area contributed by atoms with E-state index in [1.807, 2.05) is 7.05 Å². The third-order valence-electron chi connectivity index (χ3n) is 2.57. The van der Waals surface area contributed by atoms with Gasteiger partial charge in [-0.1, -0.05) is 37.6 Å². The minimum atomic E-state index is 0.298. The van der Waals surface area contributed by atoms with E-state index < -0.39 is 0 Å². The lowest BCUT2D eigenvalue weighted by atomic mass is 10.0. The zero-order valence-corrected chi connectivity index (χ0v) is 9.92. The quantitative estimate of drug-likeness (QED) is 0.774. The number of hydrogen-bond donors (Lipinski definition) is 1. The maximum absolute atomic E-state index is 5.19. The van der Waals surface area contributed by atoms with Crippen LogP contribution < -0.4 is 5.32 Å². The van der Waals surface area contributed by atoms with Crippen molar-refractivity contribution in [3.05, 3.63) is 35.4 Å². The Balaban J connectivity index is 2.77. The first-order valence-electron chi connectivity index (χ1n) is 5.56. The highest BCUT2D eigenvalue weighted by molar-refractivity contribution is 5.26. The normalized spacial score (nSPS) is 12.7. The summed E-state index contributed by atoms with van der Waals surface area (Å²) in [7, 11) is 3.70. The number of methoxy groups -OCH3 is 1. The molecule has 0 fully saturated rings. The van der Waals surface area contributed by atoms with E-state index >= 15 is 0 Å². The first-order valence-corrected chi connectivity index (χ1v) is 5.56. The van der Waals surface area contributed by atoms with Crippen LogP contribution in [0.4, 0.5) is 0 Å². The van der Waals surface area contributed by atoms with Crippen LogP contribution in [-0.4, -0.2) is 20.8 Å². The van der Waals surface area contributed by atoms with E-state index in [4.69, 9.17) is 4.74 Å². The molecule has 0 spiro atoms. The second-order valence-electron chi connectivity index (χ2n) is 3.79. The zero-order valence-electron chi connectivity index (χ0n) is 9.92. The van der Waals surface area contributed by atoms with Crippen LogP contribution in [0.3, 0.4) is 0 Å². The van der Waals surface area contributed by atoms with Crippen LogP contribution in [0.1, 0.15) is 30.5 Å². The first-order chi connectivity index (χ1) is 7.31. The molecule has 0 amide bonds. The number of hydrogen-bond acceptors (Lipinski definition) is 2. The highest BCUT2D eigenvalue weighted by Crippen LogP contribution is 2.15.